The first kappa shape index (κ1) is 23.1. The molecule has 35 heavy (non-hydrogen) atoms. The molecule has 0 saturated heterocycles. The molecule has 0 spiro atoms. The van der Waals surface area contributed by atoms with E-state index in [2.05, 4.69) is 4.98 Å². The average Bonchev–Trinajstić information content (AvgIpc) is 3.26. The van der Waals surface area contributed by atoms with Gasteiger partial charge in [0.25, 0.3) is 0 Å². The third-order valence-electron chi connectivity index (χ3n) is 7.23. The van der Waals surface area contributed by atoms with Gasteiger partial charge in [-0.25, -0.2) is 0 Å². The van der Waals surface area contributed by atoms with Crippen molar-refractivity contribution in [3.63, 3.8) is 0 Å². The fourth-order valence-corrected chi connectivity index (χ4v) is 5.66. The van der Waals surface area contributed by atoms with Gasteiger partial charge in [0, 0.05) is 26.1 Å². The molecule has 182 valence electrons. The van der Waals surface area contributed by atoms with Gasteiger partial charge in [-0.2, -0.15) is 0 Å². The van der Waals surface area contributed by atoms with Crippen LogP contribution in [-0.2, 0) is 16.0 Å². The molecule has 8 heteroatoms. The van der Waals surface area contributed by atoms with E-state index >= 15 is 0 Å². The minimum absolute atomic E-state index is 0.164. The van der Waals surface area contributed by atoms with Gasteiger partial charge >= 0.3 is 0 Å². The summed E-state index contributed by atoms with van der Waals surface area (Å²) in [6.45, 7) is 0. The minimum Gasteiger partial charge on any atom is -0.497 e. The Hall–Kier alpha value is -3.62. The molecule has 2 aromatic carbocycles. The Morgan fingerprint density at radius 2 is 1.69 bits per heavy atom. The summed E-state index contributed by atoms with van der Waals surface area (Å²) in [4.78, 5) is 19.4. The Balaban J connectivity index is 1.84. The monoisotopic (exact) mass is 476 g/mol. The van der Waals surface area contributed by atoms with Crippen molar-refractivity contribution < 1.29 is 29.2 Å². The number of aliphatic hydroxyl groups is 2. The van der Waals surface area contributed by atoms with Crippen LogP contribution in [0.2, 0.25) is 0 Å². The number of hydrogen-bond donors (Lipinski definition) is 2. The van der Waals surface area contributed by atoms with Gasteiger partial charge in [-0.05, 0) is 23.3 Å². The molecule has 2 heterocycles. The first-order valence-electron chi connectivity index (χ1n) is 11.3. The maximum absolute atomic E-state index is 13.5. The van der Waals surface area contributed by atoms with Crippen LogP contribution in [0, 0.1) is 5.92 Å². The van der Waals surface area contributed by atoms with Crippen molar-refractivity contribution in [2.75, 3.05) is 28.3 Å². The molecule has 5 rings (SSSR count). The zero-order valence-electron chi connectivity index (χ0n) is 20.0. The van der Waals surface area contributed by atoms with Crippen molar-refractivity contribution in [3.05, 3.63) is 83.7 Å². The highest BCUT2D eigenvalue weighted by Crippen LogP contribution is 2.68. The number of nitrogens with zero attached hydrogens (tertiary/aromatic N) is 2. The van der Waals surface area contributed by atoms with E-state index in [1.54, 1.807) is 51.5 Å². The highest BCUT2D eigenvalue weighted by atomic mass is 16.5. The summed E-state index contributed by atoms with van der Waals surface area (Å²) in [7, 11) is 6.35. The highest BCUT2D eigenvalue weighted by molar-refractivity contribution is 5.82. The number of rotatable bonds is 5. The zero-order valence-corrected chi connectivity index (χ0v) is 20.0. The number of carbonyl (C=O) groups is 1. The van der Waals surface area contributed by atoms with Crippen LogP contribution < -0.4 is 14.2 Å². The Labute approximate surface area is 203 Å². The number of carbonyl (C=O) groups excluding carboxylic acids is 1. The quantitative estimate of drug-likeness (QED) is 0.583. The maximum atomic E-state index is 13.5. The van der Waals surface area contributed by atoms with Crippen LogP contribution in [-0.4, -0.2) is 60.4 Å². The average molecular weight is 477 g/mol. The van der Waals surface area contributed by atoms with Crippen LogP contribution in [0.1, 0.15) is 22.7 Å². The summed E-state index contributed by atoms with van der Waals surface area (Å²) in [6, 6.07) is 18.1. The van der Waals surface area contributed by atoms with Gasteiger partial charge in [-0.1, -0.05) is 42.5 Å². The number of fused-ring (bicyclic) bond motifs is 3. The Morgan fingerprint density at radius 3 is 2.29 bits per heavy atom. The summed E-state index contributed by atoms with van der Waals surface area (Å²) in [5.41, 5.74) is -2.09. The molecule has 2 aliphatic rings. The number of benzene rings is 2. The van der Waals surface area contributed by atoms with Crippen molar-refractivity contribution >= 4 is 5.91 Å². The highest BCUT2D eigenvalue weighted by Gasteiger charge is 2.78. The summed E-state index contributed by atoms with van der Waals surface area (Å²) in [5.74, 6) is -0.702. The molecule has 5 atom stereocenters. The third kappa shape index (κ3) is 3.06. The standard InChI is InChI=1S/C27H28N2O6/c1-29(2)25(31)21-22(16-8-6-5-7-9-16)27(17-10-12-18(33-3)13-11-17)26(32,24(21)30)23-20(35-27)14-19(34-4)15-28-23/h5-15,21-22,24,30,32H,1-4H3. The molecule has 1 aliphatic heterocycles. The van der Waals surface area contributed by atoms with E-state index < -0.39 is 29.1 Å². The SMILES string of the molecule is COc1ccc(C23Oc4cc(OC)cnc4C2(O)C(O)C(C(=O)N(C)C)C3c2ccccc2)cc1. The van der Waals surface area contributed by atoms with Gasteiger partial charge in [0.15, 0.2) is 11.2 Å². The molecule has 1 fully saturated rings. The van der Waals surface area contributed by atoms with Crippen LogP contribution >= 0.6 is 0 Å². The Kier molecular flexibility index (Phi) is 5.45. The molecule has 1 amide bonds. The lowest BCUT2D eigenvalue weighted by Gasteiger charge is -2.40. The van der Waals surface area contributed by atoms with Gasteiger partial charge in [0.05, 0.1) is 26.3 Å². The van der Waals surface area contributed by atoms with Crippen LogP contribution in [0.5, 0.6) is 17.2 Å². The Morgan fingerprint density at radius 1 is 1.03 bits per heavy atom. The summed E-state index contributed by atoms with van der Waals surface area (Å²) >= 11 is 0. The molecule has 8 nitrogen and oxygen atoms in total. The first-order chi connectivity index (χ1) is 16.8. The van der Waals surface area contributed by atoms with E-state index in [-0.39, 0.29) is 11.6 Å². The molecule has 1 aliphatic carbocycles. The lowest BCUT2D eigenvalue weighted by atomic mass is 9.71. The van der Waals surface area contributed by atoms with E-state index in [4.69, 9.17) is 14.2 Å². The predicted octanol–water partition coefficient (Wildman–Crippen LogP) is 2.44. The summed E-state index contributed by atoms with van der Waals surface area (Å²) < 4.78 is 17.3. The maximum Gasteiger partial charge on any atom is 0.228 e. The lowest BCUT2D eigenvalue weighted by Crippen LogP contribution is -2.52. The fourth-order valence-electron chi connectivity index (χ4n) is 5.66. The molecule has 0 radical (unpaired) electrons. The zero-order chi connectivity index (χ0) is 25.0. The van der Waals surface area contributed by atoms with Gasteiger partial charge in [-0.15, -0.1) is 0 Å². The second kappa shape index (κ2) is 8.25. The van der Waals surface area contributed by atoms with Gasteiger partial charge in [0.2, 0.25) is 5.91 Å². The van der Waals surface area contributed by atoms with Crippen molar-refractivity contribution in [2.24, 2.45) is 5.92 Å². The second-order valence-corrected chi connectivity index (χ2v) is 9.15. The van der Waals surface area contributed by atoms with Crippen LogP contribution in [0.4, 0.5) is 0 Å². The minimum atomic E-state index is -2.03. The number of aromatic nitrogens is 1. The molecule has 0 bridgehead atoms. The molecular formula is C27H28N2O6. The lowest BCUT2D eigenvalue weighted by molar-refractivity contribution is -0.157. The molecule has 1 saturated carbocycles. The molecule has 1 aromatic heterocycles. The van der Waals surface area contributed by atoms with Crippen molar-refractivity contribution in [1.29, 1.82) is 0 Å². The first-order valence-corrected chi connectivity index (χ1v) is 11.3. The number of ether oxygens (including phenoxy) is 3. The smallest absolute Gasteiger partial charge is 0.228 e. The summed E-state index contributed by atoms with van der Waals surface area (Å²) in [5, 5.41) is 24.3. The molecule has 3 aromatic rings. The van der Waals surface area contributed by atoms with E-state index in [0.717, 1.165) is 5.56 Å². The number of hydrogen-bond acceptors (Lipinski definition) is 7. The number of pyridine rings is 1. The van der Waals surface area contributed by atoms with Crippen molar-refractivity contribution in [2.45, 2.75) is 23.2 Å². The number of methoxy groups -OCH3 is 2. The second-order valence-electron chi connectivity index (χ2n) is 9.15. The van der Waals surface area contributed by atoms with Crippen LogP contribution in [0.3, 0.4) is 0 Å². The van der Waals surface area contributed by atoms with Crippen LogP contribution in [0.15, 0.2) is 66.9 Å². The Bertz CT molecular complexity index is 1250. The number of aliphatic hydroxyl groups excluding tert-OH is 1. The van der Waals surface area contributed by atoms with E-state index in [1.165, 1.54) is 18.2 Å². The van der Waals surface area contributed by atoms with E-state index in [9.17, 15) is 15.0 Å². The van der Waals surface area contributed by atoms with Crippen molar-refractivity contribution in [1.82, 2.24) is 9.88 Å². The normalized spacial score (nSPS) is 28.6. The number of amides is 1. The fraction of sp³-hybridized carbons (Fsp3) is 0.333. The van der Waals surface area contributed by atoms with Crippen LogP contribution in [0.25, 0.3) is 0 Å². The summed E-state index contributed by atoms with van der Waals surface area (Å²) in [6.07, 6.45) is -0.0397. The van der Waals surface area contributed by atoms with Gasteiger partial charge < -0.3 is 29.3 Å². The molecule has 5 unspecified atom stereocenters. The third-order valence-corrected chi connectivity index (χ3v) is 7.23. The molecule has 2 N–H and O–H groups in total. The van der Waals surface area contributed by atoms with Gasteiger partial charge in [0.1, 0.15) is 29.0 Å². The largest absolute Gasteiger partial charge is 0.497 e. The predicted molar refractivity (Wildman–Crippen MR) is 127 cm³/mol. The van der Waals surface area contributed by atoms with Crippen molar-refractivity contribution in [3.8, 4) is 17.2 Å². The molecular weight excluding hydrogens is 448 g/mol. The van der Waals surface area contributed by atoms with Gasteiger partial charge in [-0.3, -0.25) is 9.78 Å². The van der Waals surface area contributed by atoms with E-state index in [1.807, 2.05) is 30.3 Å². The van der Waals surface area contributed by atoms with E-state index in [0.29, 0.717) is 22.8 Å². The topological polar surface area (TPSA) is 101 Å².